The molecule has 0 spiro atoms. The van der Waals surface area contributed by atoms with E-state index in [0.29, 0.717) is 12.5 Å². The van der Waals surface area contributed by atoms with Gasteiger partial charge in [0.15, 0.2) is 0 Å². The van der Waals surface area contributed by atoms with Gasteiger partial charge in [0, 0.05) is 6.61 Å². The Kier molecular flexibility index (Phi) is 6.86. The fraction of sp³-hybridized carbons (Fsp3) is 0.571. The average molecular weight is 221 g/mol. The first-order valence-electron chi connectivity index (χ1n) is 6.18. The Labute approximate surface area is 98.7 Å². The van der Waals surface area contributed by atoms with Crippen molar-refractivity contribution < 1.29 is 5.11 Å². The first-order valence-corrected chi connectivity index (χ1v) is 6.18. The molecule has 1 aromatic carbocycles. The first-order chi connectivity index (χ1) is 7.83. The molecule has 2 nitrogen and oxygen atoms in total. The normalized spacial score (nSPS) is 12.6. The Balaban J connectivity index is 1.96. The number of aliphatic hydroxyl groups excluding tert-OH is 1. The third kappa shape index (κ3) is 5.89. The van der Waals surface area contributed by atoms with E-state index < -0.39 is 0 Å². The van der Waals surface area contributed by atoms with Gasteiger partial charge in [0.05, 0.1) is 0 Å². The Morgan fingerprint density at radius 3 is 2.62 bits per heavy atom. The standard InChI is InChI=1S/C14H23NO/c1-13(12-16)9-11-15-10-5-8-14-6-3-2-4-7-14/h2-4,6-7,13,15-16H,5,8-12H2,1H3/t13-/m0/s1. The third-order valence-corrected chi connectivity index (χ3v) is 2.79. The van der Waals surface area contributed by atoms with Crippen LogP contribution >= 0.6 is 0 Å². The van der Waals surface area contributed by atoms with Crippen molar-refractivity contribution in [1.29, 1.82) is 0 Å². The van der Waals surface area contributed by atoms with Gasteiger partial charge in [-0.25, -0.2) is 0 Å². The quantitative estimate of drug-likeness (QED) is 0.660. The Morgan fingerprint density at radius 1 is 1.19 bits per heavy atom. The van der Waals surface area contributed by atoms with Crippen molar-refractivity contribution in [1.82, 2.24) is 5.32 Å². The van der Waals surface area contributed by atoms with Crippen LogP contribution in [0.1, 0.15) is 25.3 Å². The van der Waals surface area contributed by atoms with E-state index in [9.17, 15) is 0 Å². The number of aryl methyl sites for hydroxylation is 1. The van der Waals surface area contributed by atoms with Crippen LogP contribution in [0.5, 0.6) is 0 Å². The molecule has 0 amide bonds. The van der Waals surface area contributed by atoms with Crippen LogP contribution in [0, 0.1) is 5.92 Å². The molecule has 0 radical (unpaired) electrons. The highest BCUT2D eigenvalue weighted by molar-refractivity contribution is 5.14. The number of aliphatic hydroxyl groups is 1. The van der Waals surface area contributed by atoms with Gasteiger partial charge in [0.1, 0.15) is 0 Å². The van der Waals surface area contributed by atoms with E-state index in [-0.39, 0.29) is 0 Å². The summed E-state index contributed by atoms with van der Waals surface area (Å²) < 4.78 is 0. The summed E-state index contributed by atoms with van der Waals surface area (Å²) in [5.74, 6) is 0.418. The van der Waals surface area contributed by atoms with Crippen LogP contribution in [-0.4, -0.2) is 24.8 Å². The van der Waals surface area contributed by atoms with Gasteiger partial charge in [-0.1, -0.05) is 37.3 Å². The SMILES string of the molecule is C[C@H](CO)CCNCCCc1ccccc1. The van der Waals surface area contributed by atoms with Crippen LogP contribution in [0.25, 0.3) is 0 Å². The zero-order valence-electron chi connectivity index (χ0n) is 10.2. The van der Waals surface area contributed by atoms with Gasteiger partial charge in [0.2, 0.25) is 0 Å². The highest BCUT2D eigenvalue weighted by Crippen LogP contribution is 2.02. The summed E-state index contributed by atoms with van der Waals surface area (Å²) >= 11 is 0. The largest absolute Gasteiger partial charge is 0.396 e. The van der Waals surface area contributed by atoms with Crippen LogP contribution in [0.4, 0.5) is 0 Å². The molecule has 0 aliphatic heterocycles. The summed E-state index contributed by atoms with van der Waals surface area (Å²) in [5.41, 5.74) is 1.41. The first kappa shape index (κ1) is 13.2. The lowest BCUT2D eigenvalue weighted by molar-refractivity contribution is 0.229. The van der Waals surface area contributed by atoms with Crippen molar-refractivity contribution in [3.8, 4) is 0 Å². The molecule has 0 heterocycles. The maximum absolute atomic E-state index is 8.86. The van der Waals surface area contributed by atoms with Gasteiger partial charge in [-0.3, -0.25) is 0 Å². The molecule has 0 aliphatic rings. The van der Waals surface area contributed by atoms with Crippen LogP contribution in [0.2, 0.25) is 0 Å². The van der Waals surface area contributed by atoms with Gasteiger partial charge in [-0.05, 0) is 43.8 Å². The predicted molar refractivity (Wildman–Crippen MR) is 68.5 cm³/mol. The zero-order valence-corrected chi connectivity index (χ0v) is 10.2. The molecule has 16 heavy (non-hydrogen) atoms. The van der Waals surface area contributed by atoms with Crippen molar-refractivity contribution in [3.63, 3.8) is 0 Å². The minimum Gasteiger partial charge on any atom is -0.396 e. The summed E-state index contributed by atoms with van der Waals surface area (Å²) in [6.07, 6.45) is 3.38. The molecule has 0 unspecified atom stereocenters. The molecule has 1 atom stereocenters. The van der Waals surface area contributed by atoms with E-state index in [1.807, 2.05) is 0 Å². The van der Waals surface area contributed by atoms with Gasteiger partial charge in [-0.2, -0.15) is 0 Å². The van der Waals surface area contributed by atoms with E-state index in [1.165, 1.54) is 12.0 Å². The lowest BCUT2D eigenvalue weighted by Crippen LogP contribution is -2.20. The lowest BCUT2D eigenvalue weighted by atomic mass is 10.1. The van der Waals surface area contributed by atoms with E-state index in [0.717, 1.165) is 25.9 Å². The summed E-state index contributed by atoms with van der Waals surface area (Å²) in [6.45, 7) is 4.45. The second-order valence-corrected chi connectivity index (χ2v) is 4.42. The van der Waals surface area contributed by atoms with Gasteiger partial charge in [-0.15, -0.1) is 0 Å². The van der Waals surface area contributed by atoms with Crippen LogP contribution < -0.4 is 5.32 Å². The molecule has 0 aliphatic carbocycles. The maximum Gasteiger partial charge on any atom is 0.0457 e. The third-order valence-electron chi connectivity index (χ3n) is 2.79. The van der Waals surface area contributed by atoms with E-state index in [1.54, 1.807) is 0 Å². The average Bonchev–Trinajstić information content (AvgIpc) is 2.34. The summed E-state index contributed by atoms with van der Waals surface area (Å²) in [4.78, 5) is 0. The lowest BCUT2D eigenvalue weighted by Gasteiger charge is -2.08. The monoisotopic (exact) mass is 221 g/mol. The molecule has 0 aromatic heterocycles. The number of rotatable bonds is 8. The molecule has 0 bridgehead atoms. The molecule has 0 fully saturated rings. The highest BCUT2D eigenvalue weighted by atomic mass is 16.3. The molecule has 2 heteroatoms. The minimum atomic E-state index is 0.297. The van der Waals surface area contributed by atoms with Gasteiger partial charge in [0.25, 0.3) is 0 Å². The molecular weight excluding hydrogens is 198 g/mol. The van der Waals surface area contributed by atoms with Gasteiger partial charge < -0.3 is 10.4 Å². The second kappa shape index (κ2) is 8.31. The van der Waals surface area contributed by atoms with Crippen LogP contribution in [-0.2, 0) is 6.42 Å². The summed E-state index contributed by atoms with van der Waals surface area (Å²) in [7, 11) is 0. The summed E-state index contributed by atoms with van der Waals surface area (Å²) in [5, 5.41) is 12.3. The Morgan fingerprint density at radius 2 is 1.94 bits per heavy atom. The molecule has 0 saturated carbocycles. The van der Waals surface area contributed by atoms with Crippen LogP contribution in [0.15, 0.2) is 30.3 Å². The number of hydrogen-bond acceptors (Lipinski definition) is 2. The molecule has 2 N–H and O–H groups in total. The molecular formula is C14H23NO. The highest BCUT2D eigenvalue weighted by Gasteiger charge is 1.98. The molecule has 90 valence electrons. The summed E-state index contributed by atoms with van der Waals surface area (Å²) in [6, 6.07) is 10.6. The molecule has 1 rings (SSSR count). The minimum absolute atomic E-state index is 0.297. The second-order valence-electron chi connectivity index (χ2n) is 4.42. The van der Waals surface area contributed by atoms with E-state index >= 15 is 0 Å². The number of benzene rings is 1. The van der Waals surface area contributed by atoms with E-state index in [2.05, 4.69) is 42.6 Å². The van der Waals surface area contributed by atoms with Gasteiger partial charge >= 0.3 is 0 Å². The molecule has 0 saturated heterocycles. The van der Waals surface area contributed by atoms with Crippen molar-refractivity contribution >= 4 is 0 Å². The number of hydrogen-bond donors (Lipinski definition) is 2. The van der Waals surface area contributed by atoms with Crippen molar-refractivity contribution in [2.24, 2.45) is 5.92 Å². The smallest absolute Gasteiger partial charge is 0.0457 e. The van der Waals surface area contributed by atoms with Crippen molar-refractivity contribution in [2.75, 3.05) is 19.7 Å². The predicted octanol–water partition coefficient (Wildman–Crippen LogP) is 2.23. The van der Waals surface area contributed by atoms with E-state index in [4.69, 9.17) is 5.11 Å². The van der Waals surface area contributed by atoms with Crippen molar-refractivity contribution in [2.45, 2.75) is 26.2 Å². The topological polar surface area (TPSA) is 32.3 Å². The van der Waals surface area contributed by atoms with Crippen molar-refractivity contribution in [3.05, 3.63) is 35.9 Å². The Bertz CT molecular complexity index is 261. The zero-order chi connectivity index (χ0) is 11.6. The van der Waals surface area contributed by atoms with Crippen LogP contribution in [0.3, 0.4) is 0 Å². The fourth-order valence-corrected chi connectivity index (χ4v) is 1.63. The fourth-order valence-electron chi connectivity index (χ4n) is 1.63. The maximum atomic E-state index is 8.86. The Hall–Kier alpha value is -0.860. The molecule has 1 aromatic rings. The number of nitrogens with one attached hydrogen (secondary N) is 1.